The molecule has 100 valence electrons. The van der Waals surface area contributed by atoms with Crippen LogP contribution < -0.4 is 5.32 Å². The Labute approximate surface area is 105 Å². The highest BCUT2D eigenvalue weighted by Crippen LogP contribution is 2.43. The summed E-state index contributed by atoms with van der Waals surface area (Å²) >= 11 is 0. The first-order chi connectivity index (χ1) is 7.97. The lowest BCUT2D eigenvalue weighted by atomic mass is 9.67. The molecule has 2 rings (SSSR count). The highest BCUT2D eigenvalue weighted by Gasteiger charge is 2.39. The third-order valence-corrected chi connectivity index (χ3v) is 6.57. The molecule has 0 aliphatic heterocycles. The predicted molar refractivity (Wildman–Crippen MR) is 70.8 cm³/mol. The van der Waals surface area contributed by atoms with Gasteiger partial charge in [0.05, 0.1) is 5.25 Å². The van der Waals surface area contributed by atoms with E-state index in [0.717, 1.165) is 25.8 Å². The van der Waals surface area contributed by atoms with Crippen LogP contribution in [0.25, 0.3) is 0 Å². The van der Waals surface area contributed by atoms with E-state index in [0.29, 0.717) is 5.41 Å². The smallest absolute Gasteiger partial charge is 0.151 e. The van der Waals surface area contributed by atoms with Crippen LogP contribution in [-0.2, 0) is 9.84 Å². The van der Waals surface area contributed by atoms with Crippen molar-refractivity contribution in [2.75, 3.05) is 12.8 Å². The van der Waals surface area contributed by atoms with E-state index < -0.39 is 9.84 Å². The maximum atomic E-state index is 11.7. The molecule has 0 spiro atoms. The lowest BCUT2D eigenvalue weighted by Crippen LogP contribution is -2.47. The van der Waals surface area contributed by atoms with Crippen LogP contribution in [0.1, 0.15) is 51.9 Å². The van der Waals surface area contributed by atoms with Gasteiger partial charge in [-0.05, 0) is 37.5 Å². The van der Waals surface area contributed by atoms with E-state index in [1.807, 2.05) is 0 Å². The van der Waals surface area contributed by atoms with Crippen LogP contribution in [0.4, 0.5) is 0 Å². The van der Waals surface area contributed by atoms with Crippen LogP contribution in [0.2, 0.25) is 0 Å². The minimum absolute atomic E-state index is 0.142. The molecule has 3 nitrogen and oxygen atoms in total. The van der Waals surface area contributed by atoms with Crippen LogP contribution >= 0.6 is 0 Å². The number of hydrogen-bond donors (Lipinski definition) is 1. The summed E-state index contributed by atoms with van der Waals surface area (Å²) < 4.78 is 23.4. The van der Waals surface area contributed by atoms with Gasteiger partial charge in [-0.1, -0.05) is 19.8 Å². The molecule has 2 aliphatic carbocycles. The van der Waals surface area contributed by atoms with Gasteiger partial charge in [0.2, 0.25) is 0 Å². The Kier molecular flexibility index (Phi) is 3.83. The second kappa shape index (κ2) is 4.88. The Bertz CT molecular complexity index is 354. The van der Waals surface area contributed by atoms with Crippen LogP contribution in [0, 0.1) is 5.41 Å². The van der Waals surface area contributed by atoms with Gasteiger partial charge in [0.25, 0.3) is 0 Å². The second-order valence-corrected chi connectivity index (χ2v) is 8.26. The third kappa shape index (κ3) is 2.84. The number of sulfone groups is 1. The van der Waals surface area contributed by atoms with E-state index in [1.54, 1.807) is 0 Å². The number of hydrogen-bond acceptors (Lipinski definition) is 3. The fourth-order valence-electron chi connectivity index (χ4n) is 3.35. The standard InChI is InChI=1S/C13H25NO2S/c1-3-13(8-5-9-13)10-14-11-6-4-7-12(11)17(2,15)16/h11-12,14H,3-10H2,1-2H3. The average Bonchev–Trinajstić information content (AvgIpc) is 2.64. The minimum Gasteiger partial charge on any atom is -0.312 e. The van der Waals surface area contributed by atoms with E-state index in [9.17, 15) is 8.42 Å². The first-order valence-corrected chi connectivity index (χ1v) is 8.85. The zero-order valence-corrected chi connectivity index (χ0v) is 11.9. The van der Waals surface area contributed by atoms with Gasteiger partial charge in [-0.15, -0.1) is 0 Å². The maximum absolute atomic E-state index is 11.7. The fraction of sp³-hybridized carbons (Fsp3) is 1.00. The van der Waals surface area contributed by atoms with Gasteiger partial charge < -0.3 is 5.32 Å². The summed E-state index contributed by atoms with van der Waals surface area (Å²) in [5.74, 6) is 0. The Morgan fingerprint density at radius 3 is 2.41 bits per heavy atom. The van der Waals surface area contributed by atoms with Crippen molar-refractivity contribution < 1.29 is 8.42 Å². The third-order valence-electron chi connectivity index (χ3n) is 4.91. The normalized spacial score (nSPS) is 32.4. The number of rotatable bonds is 5. The van der Waals surface area contributed by atoms with Crippen LogP contribution in [0.15, 0.2) is 0 Å². The lowest BCUT2D eigenvalue weighted by Gasteiger charge is -2.42. The summed E-state index contributed by atoms with van der Waals surface area (Å²) in [6.07, 6.45) is 9.49. The molecular weight excluding hydrogens is 234 g/mol. The van der Waals surface area contributed by atoms with Gasteiger partial charge in [-0.2, -0.15) is 0 Å². The van der Waals surface area contributed by atoms with Crippen molar-refractivity contribution in [1.82, 2.24) is 5.32 Å². The van der Waals surface area contributed by atoms with Gasteiger partial charge in [-0.25, -0.2) is 8.42 Å². The van der Waals surface area contributed by atoms with E-state index in [1.165, 1.54) is 31.9 Å². The van der Waals surface area contributed by atoms with Crippen LogP contribution in [0.5, 0.6) is 0 Å². The first kappa shape index (κ1) is 13.3. The summed E-state index contributed by atoms with van der Waals surface area (Å²) in [6.45, 7) is 3.27. The predicted octanol–water partition coefficient (Wildman–Crippen LogP) is 2.12. The monoisotopic (exact) mass is 259 g/mol. The number of nitrogens with one attached hydrogen (secondary N) is 1. The van der Waals surface area contributed by atoms with Gasteiger partial charge >= 0.3 is 0 Å². The van der Waals surface area contributed by atoms with Crippen molar-refractivity contribution in [3.8, 4) is 0 Å². The SMILES string of the molecule is CCC1(CNC2CCCC2S(C)(=O)=O)CCC1. The molecule has 2 fully saturated rings. The maximum Gasteiger partial charge on any atom is 0.151 e. The summed E-state index contributed by atoms with van der Waals surface area (Å²) in [4.78, 5) is 0. The molecule has 2 atom stereocenters. The van der Waals surface area contributed by atoms with Crippen molar-refractivity contribution in [3.63, 3.8) is 0 Å². The largest absolute Gasteiger partial charge is 0.312 e. The van der Waals surface area contributed by atoms with Crippen molar-refractivity contribution in [2.24, 2.45) is 5.41 Å². The fourth-order valence-corrected chi connectivity index (χ4v) is 4.78. The summed E-state index contributed by atoms with van der Waals surface area (Å²) in [6, 6.07) is 0.203. The molecule has 4 heteroatoms. The van der Waals surface area contributed by atoms with E-state index >= 15 is 0 Å². The quantitative estimate of drug-likeness (QED) is 0.822. The molecule has 0 aromatic heterocycles. The highest BCUT2D eigenvalue weighted by atomic mass is 32.2. The first-order valence-electron chi connectivity index (χ1n) is 6.89. The van der Waals surface area contributed by atoms with Crippen LogP contribution in [0.3, 0.4) is 0 Å². The summed E-state index contributed by atoms with van der Waals surface area (Å²) in [5, 5.41) is 3.41. The Hall–Kier alpha value is -0.0900. The molecule has 17 heavy (non-hydrogen) atoms. The molecule has 2 saturated carbocycles. The van der Waals surface area contributed by atoms with E-state index in [-0.39, 0.29) is 11.3 Å². The molecule has 0 saturated heterocycles. The van der Waals surface area contributed by atoms with Crippen LogP contribution in [-0.4, -0.2) is 32.5 Å². The molecule has 0 aromatic rings. The molecule has 0 aromatic carbocycles. The van der Waals surface area contributed by atoms with Crippen molar-refractivity contribution >= 4 is 9.84 Å². The minimum atomic E-state index is -2.88. The summed E-state index contributed by atoms with van der Waals surface area (Å²) in [7, 11) is -2.88. The topological polar surface area (TPSA) is 46.2 Å². The Balaban J connectivity index is 1.90. The van der Waals surface area contributed by atoms with Gasteiger partial charge in [0, 0.05) is 18.8 Å². The van der Waals surface area contributed by atoms with Gasteiger partial charge in [0.1, 0.15) is 0 Å². The second-order valence-electron chi connectivity index (χ2n) is 5.99. The van der Waals surface area contributed by atoms with Gasteiger partial charge in [-0.3, -0.25) is 0 Å². The van der Waals surface area contributed by atoms with Crippen molar-refractivity contribution in [2.45, 2.75) is 63.2 Å². The van der Waals surface area contributed by atoms with Crippen molar-refractivity contribution in [3.05, 3.63) is 0 Å². The van der Waals surface area contributed by atoms with Gasteiger partial charge in [0.15, 0.2) is 9.84 Å². The average molecular weight is 259 g/mol. The zero-order valence-electron chi connectivity index (χ0n) is 11.0. The zero-order chi connectivity index (χ0) is 12.5. The molecular formula is C13H25NO2S. The molecule has 0 heterocycles. The Morgan fingerprint density at radius 1 is 1.24 bits per heavy atom. The van der Waals surface area contributed by atoms with Crippen molar-refractivity contribution in [1.29, 1.82) is 0 Å². The molecule has 1 N–H and O–H groups in total. The molecule has 2 aliphatic rings. The highest BCUT2D eigenvalue weighted by molar-refractivity contribution is 7.91. The summed E-state index contributed by atoms with van der Waals surface area (Å²) in [5.41, 5.74) is 0.477. The van der Waals surface area contributed by atoms with E-state index in [4.69, 9.17) is 0 Å². The molecule has 0 bridgehead atoms. The molecule has 0 amide bonds. The Morgan fingerprint density at radius 2 is 1.94 bits per heavy atom. The van der Waals surface area contributed by atoms with E-state index in [2.05, 4.69) is 12.2 Å². The molecule has 2 unspecified atom stereocenters. The molecule has 0 radical (unpaired) electrons. The lowest BCUT2D eigenvalue weighted by molar-refractivity contribution is 0.119.